The lowest BCUT2D eigenvalue weighted by Crippen LogP contribution is -2.30. The fourth-order valence-corrected chi connectivity index (χ4v) is 2.56. The summed E-state index contributed by atoms with van der Waals surface area (Å²) in [5.41, 5.74) is 0.433. The maximum absolute atomic E-state index is 10.6. The highest BCUT2D eigenvalue weighted by Crippen LogP contribution is 2.24. The van der Waals surface area contributed by atoms with Gasteiger partial charge in [-0.05, 0) is 41.8 Å². The standard InChI is InChI=1S/C13H15N3O3S/c1-9-5-11(16(18)19)6-14-12(9)15-8-13(2,17)10-3-4-20-7-10/h3-7,17H,8H2,1-2H3,(H,14,15). The van der Waals surface area contributed by atoms with E-state index in [1.807, 2.05) is 16.8 Å². The fourth-order valence-electron chi connectivity index (χ4n) is 1.77. The van der Waals surface area contributed by atoms with Crippen LogP contribution >= 0.6 is 11.3 Å². The van der Waals surface area contributed by atoms with Crippen LogP contribution < -0.4 is 5.32 Å². The zero-order valence-electron chi connectivity index (χ0n) is 11.2. The van der Waals surface area contributed by atoms with Gasteiger partial charge in [0.1, 0.15) is 17.6 Å². The first kappa shape index (κ1) is 14.4. The summed E-state index contributed by atoms with van der Waals surface area (Å²) < 4.78 is 0. The normalized spacial score (nSPS) is 13.8. The van der Waals surface area contributed by atoms with Crippen LogP contribution in [-0.4, -0.2) is 21.6 Å². The smallest absolute Gasteiger partial charge is 0.287 e. The van der Waals surface area contributed by atoms with Gasteiger partial charge in [-0.25, -0.2) is 4.98 Å². The minimum absolute atomic E-state index is 0.0438. The summed E-state index contributed by atoms with van der Waals surface area (Å²) in [7, 11) is 0. The van der Waals surface area contributed by atoms with E-state index in [0.717, 1.165) is 5.56 Å². The van der Waals surface area contributed by atoms with Crippen molar-refractivity contribution >= 4 is 22.8 Å². The third-order valence-corrected chi connectivity index (χ3v) is 3.70. The van der Waals surface area contributed by atoms with Gasteiger partial charge in [-0.3, -0.25) is 10.1 Å². The molecule has 2 rings (SSSR count). The number of aryl methyl sites for hydroxylation is 1. The number of pyridine rings is 1. The lowest BCUT2D eigenvalue weighted by atomic mass is 9.99. The predicted octanol–water partition coefficient (Wildman–Crippen LogP) is 2.68. The van der Waals surface area contributed by atoms with Crippen molar-refractivity contribution < 1.29 is 10.0 Å². The van der Waals surface area contributed by atoms with E-state index in [0.29, 0.717) is 11.4 Å². The summed E-state index contributed by atoms with van der Waals surface area (Å²) in [6.07, 6.45) is 1.20. The second-order valence-electron chi connectivity index (χ2n) is 4.76. The molecular formula is C13H15N3O3S. The van der Waals surface area contributed by atoms with Crippen LogP contribution in [0.3, 0.4) is 0 Å². The zero-order chi connectivity index (χ0) is 14.8. The van der Waals surface area contributed by atoms with Gasteiger partial charge in [0, 0.05) is 12.6 Å². The predicted molar refractivity (Wildman–Crippen MR) is 78.0 cm³/mol. The first-order valence-corrected chi connectivity index (χ1v) is 6.94. The van der Waals surface area contributed by atoms with Crippen LogP contribution in [0.25, 0.3) is 0 Å². The minimum atomic E-state index is -1.02. The van der Waals surface area contributed by atoms with E-state index in [2.05, 4.69) is 10.3 Å². The fraction of sp³-hybridized carbons (Fsp3) is 0.308. The van der Waals surface area contributed by atoms with Gasteiger partial charge in [0.2, 0.25) is 0 Å². The molecule has 0 amide bonds. The van der Waals surface area contributed by atoms with Crippen LogP contribution in [0.4, 0.5) is 11.5 Å². The van der Waals surface area contributed by atoms with Gasteiger partial charge >= 0.3 is 0 Å². The van der Waals surface area contributed by atoms with Gasteiger partial charge in [0.05, 0.1) is 4.92 Å². The molecule has 0 saturated heterocycles. The van der Waals surface area contributed by atoms with Gasteiger partial charge in [-0.2, -0.15) is 11.3 Å². The number of anilines is 1. The molecule has 2 aromatic heterocycles. The quantitative estimate of drug-likeness (QED) is 0.653. The first-order valence-electron chi connectivity index (χ1n) is 6.00. The van der Waals surface area contributed by atoms with E-state index in [4.69, 9.17) is 0 Å². The number of nitrogens with zero attached hydrogens (tertiary/aromatic N) is 2. The number of nitro groups is 1. The highest BCUT2D eigenvalue weighted by molar-refractivity contribution is 7.08. The lowest BCUT2D eigenvalue weighted by Gasteiger charge is -2.23. The van der Waals surface area contributed by atoms with E-state index in [1.54, 1.807) is 13.8 Å². The Hall–Kier alpha value is -1.99. The molecule has 0 fully saturated rings. The molecular weight excluding hydrogens is 278 g/mol. The SMILES string of the molecule is Cc1cc([N+](=O)[O-])cnc1NCC(C)(O)c1ccsc1. The molecule has 0 aliphatic carbocycles. The second-order valence-corrected chi connectivity index (χ2v) is 5.54. The number of nitrogens with one attached hydrogen (secondary N) is 1. The number of aromatic nitrogens is 1. The van der Waals surface area contributed by atoms with Crippen LogP contribution in [0.15, 0.2) is 29.1 Å². The molecule has 0 spiro atoms. The summed E-state index contributed by atoms with van der Waals surface area (Å²) in [6.45, 7) is 3.72. The summed E-state index contributed by atoms with van der Waals surface area (Å²) in [6, 6.07) is 3.32. The maximum Gasteiger partial charge on any atom is 0.287 e. The van der Waals surface area contributed by atoms with Crippen molar-refractivity contribution in [2.24, 2.45) is 0 Å². The Morgan fingerprint density at radius 3 is 2.90 bits per heavy atom. The molecule has 0 aromatic carbocycles. The van der Waals surface area contributed by atoms with E-state index >= 15 is 0 Å². The number of hydrogen-bond acceptors (Lipinski definition) is 6. The molecule has 0 aliphatic heterocycles. The Morgan fingerprint density at radius 1 is 1.60 bits per heavy atom. The van der Waals surface area contributed by atoms with Gasteiger partial charge in [-0.15, -0.1) is 0 Å². The summed E-state index contributed by atoms with van der Waals surface area (Å²) in [5, 5.41) is 27.8. The molecule has 7 heteroatoms. The van der Waals surface area contributed by atoms with Gasteiger partial charge in [-0.1, -0.05) is 0 Å². The molecule has 2 N–H and O–H groups in total. The largest absolute Gasteiger partial charge is 0.384 e. The van der Waals surface area contributed by atoms with Crippen molar-refractivity contribution in [2.45, 2.75) is 19.4 Å². The Kier molecular flexibility index (Phi) is 4.01. The third kappa shape index (κ3) is 3.12. The summed E-state index contributed by atoms with van der Waals surface area (Å²) in [5.74, 6) is 0.533. The van der Waals surface area contributed by atoms with Crippen LogP contribution in [-0.2, 0) is 5.60 Å². The van der Waals surface area contributed by atoms with E-state index in [-0.39, 0.29) is 12.2 Å². The molecule has 20 heavy (non-hydrogen) atoms. The number of thiophene rings is 1. The average Bonchev–Trinajstić information content (AvgIpc) is 2.91. The Balaban J connectivity index is 2.10. The molecule has 1 atom stereocenters. The van der Waals surface area contributed by atoms with Crippen molar-refractivity contribution in [3.63, 3.8) is 0 Å². The highest BCUT2D eigenvalue weighted by Gasteiger charge is 2.23. The van der Waals surface area contributed by atoms with Crippen LogP contribution in [0.5, 0.6) is 0 Å². The molecule has 2 heterocycles. The molecule has 0 aliphatic rings. The van der Waals surface area contributed by atoms with E-state index in [1.165, 1.54) is 23.6 Å². The third-order valence-electron chi connectivity index (χ3n) is 3.02. The molecule has 1 unspecified atom stereocenters. The Morgan fingerprint density at radius 2 is 2.35 bits per heavy atom. The van der Waals surface area contributed by atoms with Crippen LogP contribution in [0.1, 0.15) is 18.1 Å². The Bertz CT molecular complexity index is 611. The van der Waals surface area contributed by atoms with Crippen molar-refractivity contribution in [1.29, 1.82) is 0 Å². The summed E-state index contributed by atoms with van der Waals surface area (Å²) in [4.78, 5) is 14.2. The molecule has 106 valence electrons. The van der Waals surface area contributed by atoms with Gasteiger partial charge < -0.3 is 10.4 Å². The number of rotatable bonds is 5. The van der Waals surface area contributed by atoms with Gasteiger partial charge in [0.25, 0.3) is 5.69 Å². The van der Waals surface area contributed by atoms with Crippen molar-refractivity contribution in [3.8, 4) is 0 Å². The molecule has 2 aromatic rings. The highest BCUT2D eigenvalue weighted by atomic mass is 32.1. The maximum atomic E-state index is 10.6. The van der Waals surface area contributed by atoms with E-state index < -0.39 is 10.5 Å². The molecule has 0 saturated carbocycles. The zero-order valence-corrected chi connectivity index (χ0v) is 12.0. The minimum Gasteiger partial charge on any atom is -0.384 e. The topological polar surface area (TPSA) is 88.3 Å². The first-order chi connectivity index (χ1) is 9.40. The monoisotopic (exact) mass is 293 g/mol. The number of aliphatic hydroxyl groups is 1. The average molecular weight is 293 g/mol. The Labute approximate surface area is 120 Å². The van der Waals surface area contributed by atoms with Crippen molar-refractivity contribution in [3.05, 3.63) is 50.3 Å². The lowest BCUT2D eigenvalue weighted by molar-refractivity contribution is -0.385. The molecule has 6 nitrogen and oxygen atoms in total. The van der Waals surface area contributed by atoms with Crippen molar-refractivity contribution in [1.82, 2.24) is 4.98 Å². The summed E-state index contributed by atoms with van der Waals surface area (Å²) >= 11 is 1.52. The van der Waals surface area contributed by atoms with Crippen LogP contribution in [0, 0.1) is 17.0 Å². The van der Waals surface area contributed by atoms with Crippen LogP contribution in [0.2, 0.25) is 0 Å². The van der Waals surface area contributed by atoms with Gasteiger partial charge in [0.15, 0.2) is 0 Å². The van der Waals surface area contributed by atoms with Crippen molar-refractivity contribution in [2.75, 3.05) is 11.9 Å². The number of hydrogen-bond donors (Lipinski definition) is 2. The molecule has 0 bridgehead atoms. The van der Waals surface area contributed by atoms with E-state index in [9.17, 15) is 15.2 Å². The molecule has 0 radical (unpaired) electrons. The second kappa shape index (κ2) is 5.56.